The largest absolute Gasteiger partial charge is 0.330 e. The standard InChI is InChI=1S/C10H20N8O2/c19-8-9(20)18(17-15-12-8)10(6-11-14-16-13-10)7-4-2-1-3-5-7/h7,11,13-17H,1-6H2,(H,12,19). The van der Waals surface area contributed by atoms with E-state index in [4.69, 9.17) is 0 Å². The molecule has 10 nitrogen and oxygen atoms in total. The number of amides is 2. The van der Waals surface area contributed by atoms with Crippen LogP contribution < -0.4 is 38.4 Å². The summed E-state index contributed by atoms with van der Waals surface area (Å²) in [6, 6.07) is 0. The first-order valence-electron chi connectivity index (χ1n) is 6.89. The highest BCUT2D eigenvalue weighted by atomic mass is 16.2. The van der Waals surface area contributed by atoms with Crippen molar-refractivity contribution in [2.24, 2.45) is 5.92 Å². The molecule has 0 bridgehead atoms. The molecule has 0 radical (unpaired) electrons. The molecule has 1 aliphatic carbocycles. The summed E-state index contributed by atoms with van der Waals surface area (Å²) in [4.78, 5) is 23.8. The molecule has 1 unspecified atom stereocenters. The van der Waals surface area contributed by atoms with E-state index < -0.39 is 17.5 Å². The molecule has 7 N–H and O–H groups in total. The summed E-state index contributed by atoms with van der Waals surface area (Å²) in [6.45, 7) is 0.471. The van der Waals surface area contributed by atoms with Crippen molar-refractivity contribution in [3.05, 3.63) is 0 Å². The van der Waals surface area contributed by atoms with Gasteiger partial charge in [-0.1, -0.05) is 19.3 Å². The lowest BCUT2D eigenvalue weighted by Gasteiger charge is -2.52. The van der Waals surface area contributed by atoms with Crippen molar-refractivity contribution in [1.29, 1.82) is 0 Å². The first kappa shape index (κ1) is 13.7. The van der Waals surface area contributed by atoms with Crippen LogP contribution in [0.15, 0.2) is 0 Å². The van der Waals surface area contributed by atoms with Gasteiger partial charge < -0.3 is 0 Å². The highest BCUT2D eigenvalue weighted by molar-refractivity contribution is 6.35. The second-order valence-corrected chi connectivity index (χ2v) is 5.32. The summed E-state index contributed by atoms with van der Waals surface area (Å²) in [7, 11) is 0. The van der Waals surface area contributed by atoms with Crippen LogP contribution in [0.2, 0.25) is 0 Å². The maximum Gasteiger partial charge on any atom is 0.330 e. The van der Waals surface area contributed by atoms with E-state index in [1.54, 1.807) is 0 Å². The first-order valence-corrected chi connectivity index (χ1v) is 6.89. The molecule has 2 aliphatic heterocycles. The van der Waals surface area contributed by atoms with Gasteiger partial charge in [-0.05, 0) is 18.8 Å². The lowest BCUT2D eigenvalue weighted by atomic mass is 9.79. The Kier molecular flexibility index (Phi) is 3.83. The van der Waals surface area contributed by atoms with Gasteiger partial charge >= 0.3 is 11.8 Å². The van der Waals surface area contributed by atoms with Gasteiger partial charge in [-0.15, -0.1) is 5.53 Å². The molecular weight excluding hydrogens is 264 g/mol. The minimum atomic E-state index is -0.715. The fraction of sp³-hybridized carbons (Fsp3) is 0.800. The topological polar surface area (TPSA) is 122 Å². The van der Waals surface area contributed by atoms with E-state index in [1.165, 1.54) is 11.4 Å². The molecule has 0 aromatic heterocycles. The van der Waals surface area contributed by atoms with Gasteiger partial charge in [-0.3, -0.25) is 15.0 Å². The van der Waals surface area contributed by atoms with Gasteiger partial charge in [-0.25, -0.2) is 15.9 Å². The molecule has 2 heterocycles. The molecule has 3 aliphatic rings. The lowest BCUT2D eigenvalue weighted by Crippen LogP contribution is -2.85. The van der Waals surface area contributed by atoms with Crippen molar-refractivity contribution in [2.45, 2.75) is 37.8 Å². The third kappa shape index (κ3) is 2.26. The number of rotatable bonds is 2. The third-order valence-electron chi connectivity index (χ3n) is 4.21. The SMILES string of the molecule is O=C1NNNN(C2(C3CCCCC3)CNNNN2)C1=O. The second-order valence-electron chi connectivity index (χ2n) is 5.32. The minimum Gasteiger partial charge on any atom is -0.268 e. The molecule has 3 rings (SSSR count). The molecule has 0 aromatic carbocycles. The van der Waals surface area contributed by atoms with E-state index in [1.807, 2.05) is 0 Å². The molecule has 10 heteroatoms. The maximum atomic E-state index is 12.2. The molecule has 1 saturated carbocycles. The van der Waals surface area contributed by atoms with Crippen LogP contribution in [0.5, 0.6) is 0 Å². The van der Waals surface area contributed by atoms with E-state index in [0.29, 0.717) is 6.54 Å². The number of hydrogen-bond donors (Lipinski definition) is 7. The van der Waals surface area contributed by atoms with Crippen molar-refractivity contribution in [1.82, 2.24) is 43.4 Å². The van der Waals surface area contributed by atoms with Gasteiger partial charge in [0, 0.05) is 0 Å². The highest BCUT2D eigenvalue weighted by Gasteiger charge is 2.50. The molecule has 0 aromatic rings. The fourth-order valence-electron chi connectivity index (χ4n) is 3.18. The van der Waals surface area contributed by atoms with Crippen LogP contribution in [0.3, 0.4) is 0 Å². The van der Waals surface area contributed by atoms with Crippen LogP contribution in [0.25, 0.3) is 0 Å². The Hall–Kier alpha value is -1.30. The molecule has 2 saturated heterocycles. The van der Waals surface area contributed by atoms with E-state index >= 15 is 0 Å². The Labute approximate surface area is 116 Å². The van der Waals surface area contributed by atoms with Gasteiger partial charge in [0.2, 0.25) is 0 Å². The average Bonchev–Trinajstić information content (AvgIpc) is 2.51. The predicted molar refractivity (Wildman–Crippen MR) is 68.0 cm³/mol. The number of nitrogens with zero attached hydrogens (tertiary/aromatic N) is 1. The maximum absolute atomic E-state index is 12.2. The zero-order valence-corrected chi connectivity index (χ0v) is 11.1. The quantitative estimate of drug-likeness (QED) is 0.273. The second kappa shape index (κ2) is 5.60. The molecule has 2 amide bonds. The van der Waals surface area contributed by atoms with Gasteiger partial charge in [0.25, 0.3) is 0 Å². The van der Waals surface area contributed by atoms with Crippen LogP contribution in [0.4, 0.5) is 0 Å². The summed E-state index contributed by atoms with van der Waals surface area (Å²) in [5, 5.41) is 1.34. The Balaban J connectivity index is 1.87. The lowest BCUT2D eigenvalue weighted by molar-refractivity contribution is -0.173. The molecule has 0 spiro atoms. The smallest absolute Gasteiger partial charge is 0.268 e. The van der Waals surface area contributed by atoms with Crippen LogP contribution in [0.1, 0.15) is 32.1 Å². The van der Waals surface area contributed by atoms with E-state index in [0.717, 1.165) is 25.7 Å². The van der Waals surface area contributed by atoms with Crippen LogP contribution >= 0.6 is 0 Å². The fourth-order valence-corrected chi connectivity index (χ4v) is 3.18. The zero-order valence-electron chi connectivity index (χ0n) is 11.1. The van der Waals surface area contributed by atoms with Gasteiger partial charge in [-0.2, -0.15) is 16.6 Å². The first-order chi connectivity index (χ1) is 9.74. The van der Waals surface area contributed by atoms with Crippen molar-refractivity contribution >= 4 is 11.8 Å². The van der Waals surface area contributed by atoms with E-state index in [-0.39, 0.29) is 5.92 Å². The molecule has 112 valence electrons. The van der Waals surface area contributed by atoms with Crippen LogP contribution in [-0.2, 0) is 9.59 Å². The Morgan fingerprint density at radius 2 is 1.85 bits per heavy atom. The number of hydrogen-bond acceptors (Lipinski definition) is 8. The minimum absolute atomic E-state index is 0.238. The third-order valence-corrected chi connectivity index (χ3v) is 4.21. The van der Waals surface area contributed by atoms with Gasteiger partial charge in [0.05, 0.1) is 6.54 Å². The summed E-state index contributed by atoms with van der Waals surface area (Å²) in [5.74, 6) is -1.06. The number of hydrazine groups is 6. The van der Waals surface area contributed by atoms with Crippen molar-refractivity contribution < 1.29 is 9.59 Å². The van der Waals surface area contributed by atoms with Gasteiger partial charge in [0.15, 0.2) is 0 Å². The Morgan fingerprint density at radius 1 is 1.05 bits per heavy atom. The zero-order chi connectivity index (χ0) is 14.0. The number of nitrogens with one attached hydrogen (secondary N) is 7. The van der Waals surface area contributed by atoms with Crippen LogP contribution in [0, 0.1) is 5.92 Å². The molecule has 20 heavy (non-hydrogen) atoms. The van der Waals surface area contributed by atoms with Gasteiger partial charge in [0.1, 0.15) is 5.66 Å². The van der Waals surface area contributed by atoms with Crippen molar-refractivity contribution in [3.8, 4) is 0 Å². The van der Waals surface area contributed by atoms with Crippen LogP contribution in [-0.4, -0.2) is 29.0 Å². The molecular formula is C10H20N8O2. The normalized spacial score (nSPS) is 33.1. The summed E-state index contributed by atoms with van der Waals surface area (Å²) in [6.07, 6.45) is 5.48. The van der Waals surface area contributed by atoms with Crippen molar-refractivity contribution in [2.75, 3.05) is 6.54 Å². The average molecular weight is 284 g/mol. The molecule has 1 atom stereocenters. The monoisotopic (exact) mass is 284 g/mol. The highest BCUT2D eigenvalue weighted by Crippen LogP contribution is 2.34. The Bertz CT molecular complexity index is 391. The van der Waals surface area contributed by atoms with Crippen molar-refractivity contribution in [3.63, 3.8) is 0 Å². The predicted octanol–water partition coefficient (Wildman–Crippen LogP) is -2.74. The summed E-state index contributed by atoms with van der Waals surface area (Å²) < 4.78 is 0. The number of carbonyl (C=O) groups is 2. The Morgan fingerprint density at radius 3 is 2.55 bits per heavy atom. The van der Waals surface area contributed by atoms with E-state index in [2.05, 4.69) is 38.4 Å². The number of carbonyl (C=O) groups excluding carboxylic acids is 2. The summed E-state index contributed by atoms with van der Waals surface area (Å²) in [5.41, 5.74) is 18.4. The van der Waals surface area contributed by atoms with E-state index in [9.17, 15) is 9.59 Å². The molecule has 3 fully saturated rings. The summed E-state index contributed by atoms with van der Waals surface area (Å²) >= 11 is 0.